The molecule has 14 aromatic rings. The maximum absolute atomic E-state index is 2.99. The fraction of sp³-hybridized carbons (Fsp3) is 0. The third-order valence-electron chi connectivity index (χ3n) is 14.8. The van der Waals surface area contributed by atoms with Crippen molar-refractivity contribution in [2.45, 2.75) is 0 Å². The van der Waals surface area contributed by atoms with Gasteiger partial charge in [0, 0.05) is 43.6 Å². The van der Waals surface area contributed by atoms with Gasteiger partial charge in [-0.15, -0.1) is 0 Å². The summed E-state index contributed by atoms with van der Waals surface area (Å²) >= 11 is 0. The van der Waals surface area contributed by atoms with Crippen LogP contribution in [0.3, 0.4) is 0 Å². The van der Waals surface area contributed by atoms with Crippen LogP contribution in [0.4, 0.5) is 0 Å². The minimum Gasteiger partial charge on any atom is -0.309 e. The summed E-state index contributed by atoms with van der Waals surface area (Å²) in [5.74, 6) is 0. The maximum Gasteiger partial charge on any atom is 0.181 e. The highest BCUT2D eigenvalue weighted by molar-refractivity contribution is 7.20. The van der Waals surface area contributed by atoms with E-state index >= 15 is 0 Å². The summed E-state index contributed by atoms with van der Waals surface area (Å²) in [6.07, 6.45) is 0. The van der Waals surface area contributed by atoms with Gasteiger partial charge in [-0.05, 0) is 68.8 Å². The molecule has 0 N–H and O–H groups in total. The van der Waals surface area contributed by atoms with Gasteiger partial charge in [0.25, 0.3) is 0 Å². The van der Waals surface area contributed by atoms with Crippen LogP contribution in [-0.2, 0) is 0 Å². The third-order valence-corrected chi connectivity index (χ3v) is 19.6. The first kappa shape index (κ1) is 40.1. The molecule has 0 atom stereocenters. The Bertz CT molecular complexity index is 4130. The molecule has 0 radical (unpaired) electrons. The summed E-state index contributed by atoms with van der Waals surface area (Å²) in [6, 6.07) is 101. The van der Waals surface area contributed by atoms with E-state index in [1.165, 1.54) is 86.3 Å². The second-order valence-corrected chi connectivity index (χ2v) is 22.1. The van der Waals surface area contributed by atoms with Crippen LogP contribution in [0.2, 0.25) is 0 Å². The van der Waals surface area contributed by atoms with Crippen molar-refractivity contribution in [3.63, 3.8) is 0 Å². The Balaban J connectivity index is 1.14. The standard InChI is InChI=1S/C66H45N3Si/c1-5-23-46(24-6-1)51-31-13-17-37-58(51)69-63-45-47(43-44-55(63)56-35-21-41-62(65(56)69)68-60-39-19-14-32-52(60)53-33-15-20-40-61(53)68)67-59-38-18-16-34-54(59)57-36-22-42-64(66(57)67)70(48-25-7-2-8-26-48,49-27-9-3-10-28-49)50-29-11-4-12-30-50/h1-45H. The number of aromatic nitrogens is 3. The van der Waals surface area contributed by atoms with Gasteiger partial charge in [0.05, 0.1) is 44.5 Å². The van der Waals surface area contributed by atoms with Gasteiger partial charge in [-0.2, -0.15) is 0 Å². The molecule has 0 saturated carbocycles. The molecule has 0 unspecified atom stereocenters. The van der Waals surface area contributed by atoms with Gasteiger partial charge in [-0.1, -0.05) is 231 Å². The van der Waals surface area contributed by atoms with Gasteiger partial charge < -0.3 is 13.7 Å². The average Bonchev–Trinajstić information content (AvgIpc) is 4.08. The molecule has 0 aliphatic rings. The van der Waals surface area contributed by atoms with Crippen LogP contribution in [0.5, 0.6) is 0 Å². The average molecular weight is 908 g/mol. The zero-order chi connectivity index (χ0) is 46.2. The SMILES string of the molecule is c1ccc(-c2ccccc2-n2c3cc(-n4c5ccccc5c5cccc([Si](c6ccccc6)(c6ccccc6)c6ccccc6)c54)ccc3c3cccc(-n4c5ccccc5c5ccccc54)c32)cc1. The lowest BCUT2D eigenvalue weighted by molar-refractivity contribution is 1.13. The molecule has 11 aromatic carbocycles. The predicted molar refractivity (Wildman–Crippen MR) is 299 cm³/mol. The monoisotopic (exact) mass is 907 g/mol. The summed E-state index contributed by atoms with van der Waals surface area (Å²) < 4.78 is 7.62. The number of hydrogen-bond donors (Lipinski definition) is 0. The minimum atomic E-state index is -2.99. The lowest BCUT2D eigenvalue weighted by Crippen LogP contribution is -2.75. The number of nitrogens with zero attached hydrogens (tertiary/aromatic N) is 3. The third kappa shape index (κ3) is 5.87. The molecular formula is C66H45N3Si. The summed E-state index contributed by atoms with van der Waals surface area (Å²) in [5, 5.41) is 12.8. The van der Waals surface area contributed by atoms with E-state index in [0.29, 0.717) is 0 Å². The minimum absolute atomic E-state index is 1.11. The number of para-hydroxylation sites is 6. The lowest BCUT2D eigenvalue weighted by atomic mass is 10.0. The molecule has 3 nitrogen and oxygen atoms in total. The Hall–Kier alpha value is -8.96. The summed E-state index contributed by atoms with van der Waals surface area (Å²) in [7, 11) is -2.99. The van der Waals surface area contributed by atoms with E-state index in [2.05, 4.69) is 287 Å². The number of fused-ring (bicyclic) bond motifs is 9. The van der Waals surface area contributed by atoms with Crippen molar-refractivity contribution in [2.24, 2.45) is 0 Å². The van der Waals surface area contributed by atoms with Gasteiger partial charge in [0.2, 0.25) is 0 Å². The van der Waals surface area contributed by atoms with Crippen LogP contribution in [0.25, 0.3) is 93.6 Å². The Labute approximate surface area is 407 Å². The molecule has 328 valence electrons. The first-order chi connectivity index (χ1) is 34.8. The van der Waals surface area contributed by atoms with Crippen LogP contribution >= 0.6 is 0 Å². The summed E-state index contributed by atoms with van der Waals surface area (Å²) in [4.78, 5) is 0. The molecule has 0 saturated heterocycles. The number of benzene rings is 11. The fourth-order valence-corrected chi connectivity index (χ4v) is 16.9. The largest absolute Gasteiger partial charge is 0.309 e. The van der Waals surface area contributed by atoms with E-state index in [9.17, 15) is 0 Å². The molecule has 3 heterocycles. The smallest absolute Gasteiger partial charge is 0.181 e. The highest BCUT2D eigenvalue weighted by atomic mass is 28.3. The van der Waals surface area contributed by atoms with E-state index in [1.807, 2.05) is 0 Å². The normalized spacial score (nSPS) is 12.0. The zero-order valence-corrected chi connectivity index (χ0v) is 39.3. The van der Waals surface area contributed by atoms with Crippen LogP contribution in [0.15, 0.2) is 273 Å². The van der Waals surface area contributed by atoms with Crippen LogP contribution in [0, 0.1) is 0 Å². The summed E-state index contributed by atoms with van der Waals surface area (Å²) in [6.45, 7) is 0. The van der Waals surface area contributed by atoms with Crippen molar-refractivity contribution in [3.8, 4) is 28.2 Å². The van der Waals surface area contributed by atoms with Crippen molar-refractivity contribution in [1.82, 2.24) is 13.7 Å². The maximum atomic E-state index is 2.58. The van der Waals surface area contributed by atoms with Crippen LogP contribution < -0.4 is 20.7 Å². The highest BCUT2D eigenvalue weighted by Crippen LogP contribution is 2.43. The Morgan fingerprint density at radius 1 is 0.257 bits per heavy atom. The Morgan fingerprint density at radius 3 is 1.29 bits per heavy atom. The lowest BCUT2D eigenvalue weighted by Gasteiger charge is -2.35. The highest BCUT2D eigenvalue weighted by Gasteiger charge is 2.43. The Morgan fingerprint density at radius 2 is 0.686 bits per heavy atom. The quantitative estimate of drug-likeness (QED) is 0.107. The van der Waals surface area contributed by atoms with Gasteiger partial charge in [-0.3, -0.25) is 0 Å². The van der Waals surface area contributed by atoms with E-state index in [4.69, 9.17) is 0 Å². The van der Waals surface area contributed by atoms with Gasteiger partial charge >= 0.3 is 0 Å². The first-order valence-corrected chi connectivity index (χ1v) is 26.2. The van der Waals surface area contributed by atoms with E-state index in [0.717, 1.165) is 28.1 Å². The predicted octanol–water partition coefficient (Wildman–Crippen LogP) is 14.0. The van der Waals surface area contributed by atoms with Crippen molar-refractivity contribution in [1.29, 1.82) is 0 Å². The van der Waals surface area contributed by atoms with Gasteiger partial charge in [-0.25, -0.2) is 0 Å². The molecule has 14 rings (SSSR count). The molecular weight excluding hydrogens is 863 g/mol. The molecule has 4 heteroatoms. The Kier molecular flexibility index (Phi) is 9.23. The molecule has 3 aromatic heterocycles. The molecule has 0 amide bonds. The second kappa shape index (κ2) is 16.1. The zero-order valence-electron chi connectivity index (χ0n) is 38.3. The molecule has 0 spiro atoms. The van der Waals surface area contributed by atoms with Crippen molar-refractivity contribution in [2.75, 3.05) is 0 Å². The van der Waals surface area contributed by atoms with Gasteiger partial charge in [0.15, 0.2) is 8.07 Å². The molecule has 0 fully saturated rings. The first-order valence-electron chi connectivity index (χ1n) is 24.2. The molecule has 0 bridgehead atoms. The van der Waals surface area contributed by atoms with E-state index < -0.39 is 8.07 Å². The van der Waals surface area contributed by atoms with Gasteiger partial charge in [0.1, 0.15) is 0 Å². The topological polar surface area (TPSA) is 14.8 Å². The number of rotatable bonds is 8. The molecule has 0 aliphatic carbocycles. The summed E-state index contributed by atoms with van der Waals surface area (Å²) in [5.41, 5.74) is 12.8. The van der Waals surface area contributed by atoms with Crippen LogP contribution in [0.1, 0.15) is 0 Å². The van der Waals surface area contributed by atoms with Crippen molar-refractivity contribution in [3.05, 3.63) is 273 Å². The molecule has 70 heavy (non-hydrogen) atoms. The fourth-order valence-electron chi connectivity index (χ4n) is 11.9. The van der Waals surface area contributed by atoms with Crippen molar-refractivity contribution >= 4 is 94.2 Å². The molecule has 0 aliphatic heterocycles. The van der Waals surface area contributed by atoms with E-state index in [-0.39, 0.29) is 0 Å². The second-order valence-electron chi connectivity index (χ2n) is 18.4. The van der Waals surface area contributed by atoms with Crippen LogP contribution in [-0.4, -0.2) is 21.8 Å². The number of hydrogen-bond acceptors (Lipinski definition) is 0. The van der Waals surface area contributed by atoms with E-state index in [1.54, 1.807) is 0 Å². The van der Waals surface area contributed by atoms with Crippen molar-refractivity contribution < 1.29 is 0 Å².